The normalized spacial score (nSPS) is 19.5. The molecule has 1 atom stereocenters. The van der Waals surface area contributed by atoms with Crippen LogP contribution in [0.25, 0.3) is 0 Å². The molecule has 0 amide bonds. The molecule has 3 N–H and O–H groups in total. The van der Waals surface area contributed by atoms with Crippen molar-refractivity contribution in [3.8, 4) is 0 Å². The van der Waals surface area contributed by atoms with Gasteiger partial charge in [-0.05, 0) is 56.8 Å². The van der Waals surface area contributed by atoms with Crippen molar-refractivity contribution in [1.29, 1.82) is 0 Å². The van der Waals surface area contributed by atoms with Crippen molar-refractivity contribution < 1.29 is 5.11 Å². The van der Waals surface area contributed by atoms with E-state index in [1.54, 1.807) is 0 Å². The first-order valence-electron chi connectivity index (χ1n) is 7.31. The molecule has 1 heterocycles. The molecule has 0 bridgehead atoms. The summed E-state index contributed by atoms with van der Waals surface area (Å²) in [5.41, 5.74) is 8.42. The van der Waals surface area contributed by atoms with Gasteiger partial charge in [-0.15, -0.1) is 0 Å². The molecule has 1 aromatic carbocycles. The van der Waals surface area contributed by atoms with E-state index in [4.69, 9.17) is 5.73 Å². The van der Waals surface area contributed by atoms with E-state index in [1.165, 1.54) is 11.1 Å². The lowest BCUT2D eigenvalue weighted by Crippen LogP contribution is -2.38. The third-order valence-corrected chi connectivity index (χ3v) is 4.36. The first-order chi connectivity index (χ1) is 9.22. The maximum Gasteiger partial charge on any atom is 0.0474 e. The molecular formula is C16H26N2O. The van der Waals surface area contributed by atoms with Crippen molar-refractivity contribution in [3.05, 3.63) is 35.4 Å². The van der Waals surface area contributed by atoms with E-state index < -0.39 is 0 Å². The van der Waals surface area contributed by atoms with Crippen molar-refractivity contribution in [2.75, 3.05) is 26.2 Å². The molecule has 1 aliphatic heterocycles. The Balaban J connectivity index is 1.81. The lowest BCUT2D eigenvalue weighted by molar-refractivity contribution is 0.107. The fraction of sp³-hybridized carbons (Fsp3) is 0.625. The van der Waals surface area contributed by atoms with Gasteiger partial charge in [-0.3, -0.25) is 4.90 Å². The van der Waals surface area contributed by atoms with Crippen molar-refractivity contribution in [2.45, 2.75) is 26.3 Å². The average Bonchev–Trinajstić information content (AvgIpc) is 2.44. The predicted octanol–water partition coefficient (Wildman–Crippen LogP) is 1.77. The molecular weight excluding hydrogens is 236 g/mol. The molecule has 1 unspecified atom stereocenters. The van der Waals surface area contributed by atoms with E-state index in [1.807, 2.05) is 0 Å². The van der Waals surface area contributed by atoms with Crippen molar-refractivity contribution in [2.24, 2.45) is 17.6 Å². The number of likely N-dealkylation sites (tertiary alicyclic amines) is 1. The zero-order valence-electron chi connectivity index (χ0n) is 11.9. The minimum atomic E-state index is 0.235. The van der Waals surface area contributed by atoms with Crippen LogP contribution in [0.3, 0.4) is 0 Å². The number of aliphatic hydroxyl groups excluding tert-OH is 1. The second kappa shape index (κ2) is 7.04. The van der Waals surface area contributed by atoms with Crippen LogP contribution in [0.15, 0.2) is 24.3 Å². The highest BCUT2D eigenvalue weighted by Gasteiger charge is 2.25. The molecule has 0 spiro atoms. The molecule has 0 aromatic heterocycles. The van der Waals surface area contributed by atoms with Gasteiger partial charge < -0.3 is 10.8 Å². The molecule has 1 saturated heterocycles. The van der Waals surface area contributed by atoms with Crippen LogP contribution in [0.1, 0.15) is 24.0 Å². The quantitative estimate of drug-likeness (QED) is 0.850. The highest BCUT2D eigenvalue weighted by Crippen LogP contribution is 2.25. The van der Waals surface area contributed by atoms with Crippen LogP contribution >= 0.6 is 0 Å². The Kier molecular flexibility index (Phi) is 5.37. The van der Waals surface area contributed by atoms with Crippen LogP contribution in [-0.2, 0) is 6.54 Å². The summed E-state index contributed by atoms with van der Waals surface area (Å²) in [6.07, 6.45) is 2.32. The highest BCUT2D eigenvalue weighted by molar-refractivity contribution is 5.21. The minimum absolute atomic E-state index is 0.235. The van der Waals surface area contributed by atoms with Gasteiger partial charge in [0.25, 0.3) is 0 Å². The van der Waals surface area contributed by atoms with Gasteiger partial charge in [0.05, 0.1) is 0 Å². The molecule has 2 rings (SSSR count). The van der Waals surface area contributed by atoms with E-state index >= 15 is 0 Å². The molecule has 0 saturated carbocycles. The number of nitrogens with two attached hydrogens (primary N) is 1. The summed E-state index contributed by atoms with van der Waals surface area (Å²) < 4.78 is 0. The fourth-order valence-electron chi connectivity index (χ4n) is 2.95. The minimum Gasteiger partial charge on any atom is -0.396 e. The Bertz CT molecular complexity index is 365. The number of hydrogen-bond donors (Lipinski definition) is 2. The summed E-state index contributed by atoms with van der Waals surface area (Å²) >= 11 is 0. The van der Waals surface area contributed by atoms with Gasteiger partial charge in [-0.1, -0.05) is 29.8 Å². The third-order valence-electron chi connectivity index (χ3n) is 4.36. The van der Waals surface area contributed by atoms with Gasteiger partial charge in [0.2, 0.25) is 0 Å². The van der Waals surface area contributed by atoms with Gasteiger partial charge in [0, 0.05) is 13.2 Å². The zero-order chi connectivity index (χ0) is 13.7. The third kappa shape index (κ3) is 4.03. The summed E-state index contributed by atoms with van der Waals surface area (Å²) in [7, 11) is 0. The van der Waals surface area contributed by atoms with Crippen LogP contribution in [0.4, 0.5) is 0 Å². The predicted molar refractivity (Wildman–Crippen MR) is 78.8 cm³/mol. The molecule has 106 valence electrons. The maximum atomic E-state index is 9.31. The molecule has 0 radical (unpaired) electrons. The number of aryl methyl sites for hydroxylation is 1. The van der Waals surface area contributed by atoms with Gasteiger partial charge in [-0.2, -0.15) is 0 Å². The Morgan fingerprint density at radius 2 is 1.89 bits per heavy atom. The molecule has 3 heteroatoms. The Hall–Kier alpha value is -0.900. The lowest BCUT2D eigenvalue weighted by Gasteiger charge is -2.35. The molecule has 1 fully saturated rings. The number of benzene rings is 1. The van der Waals surface area contributed by atoms with E-state index in [-0.39, 0.29) is 6.61 Å². The molecule has 1 aliphatic rings. The van der Waals surface area contributed by atoms with E-state index in [0.717, 1.165) is 32.5 Å². The van der Waals surface area contributed by atoms with Crippen LogP contribution in [0, 0.1) is 18.8 Å². The number of rotatable bonds is 5. The van der Waals surface area contributed by atoms with Gasteiger partial charge >= 0.3 is 0 Å². The first-order valence-corrected chi connectivity index (χ1v) is 7.31. The summed E-state index contributed by atoms with van der Waals surface area (Å²) in [5.74, 6) is 0.894. The van der Waals surface area contributed by atoms with Crippen LogP contribution in [-0.4, -0.2) is 36.2 Å². The summed E-state index contributed by atoms with van der Waals surface area (Å²) in [5, 5.41) is 9.31. The fourth-order valence-corrected chi connectivity index (χ4v) is 2.95. The summed E-state index contributed by atoms with van der Waals surface area (Å²) in [6, 6.07) is 8.80. The largest absolute Gasteiger partial charge is 0.396 e. The number of hydrogen-bond acceptors (Lipinski definition) is 3. The SMILES string of the molecule is Cc1ccc(CN2CCC(C(CN)CO)CC2)cc1. The van der Waals surface area contributed by atoms with E-state index in [9.17, 15) is 5.11 Å². The Labute approximate surface area is 116 Å². The number of nitrogens with zero attached hydrogens (tertiary/aromatic N) is 1. The summed E-state index contributed by atoms with van der Waals surface area (Å²) in [4.78, 5) is 2.51. The van der Waals surface area contributed by atoms with Crippen LogP contribution < -0.4 is 5.73 Å². The monoisotopic (exact) mass is 262 g/mol. The molecule has 0 aliphatic carbocycles. The zero-order valence-corrected chi connectivity index (χ0v) is 11.9. The molecule has 19 heavy (non-hydrogen) atoms. The Morgan fingerprint density at radius 1 is 1.26 bits per heavy atom. The van der Waals surface area contributed by atoms with Crippen molar-refractivity contribution in [3.63, 3.8) is 0 Å². The van der Waals surface area contributed by atoms with Crippen molar-refractivity contribution in [1.82, 2.24) is 4.90 Å². The van der Waals surface area contributed by atoms with Crippen molar-refractivity contribution >= 4 is 0 Å². The van der Waals surface area contributed by atoms with E-state index in [2.05, 4.69) is 36.1 Å². The smallest absolute Gasteiger partial charge is 0.0474 e. The Morgan fingerprint density at radius 3 is 2.42 bits per heavy atom. The standard InChI is InChI=1S/C16H26N2O/c1-13-2-4-14(5-3-13)11-18-8-6-15(7-9-18)16(10-17)12-19/h2-5,15-16,19H,6-12,17H2,1H3. The second-order valence-electron chi connectivity index (χ2n) is 5.78. The highest BCUT2D eigenvalue weighted by atomic mass is 16.3. The van der Waals surface area contributed by atoms with Crippen LogP contribution in [0.5, 0.6) is 0 Å². The molecule has 3 nitrogen and oxygen atoms in total. The molecule has 1 aromatic rings. The number of aliphatic hydroxyl groups is 1. The van der Waals surface area contributed by atoms with Crippen LogP contribution in [0.2, 0.25) is 0 Å². The maximum absolute atomic E-state index is 9.31. The van der Waals surface area contributed by atoms with Gasteiger partial charge in [0.15, 0.2) is 0 Å². The van der Waals surface area contributed by atoms with Gasteiger partial charge in [0.1, 0.15) is 0 Å². The topological polar surface area (TPSA) is 49.5 Å². The summed E-state index contributed by atoms with van der Waals surface area (Å²) in [6.45, 7) is 6.25. The first kappa shape index (κ1) is 14.5. The van der Waals surface area contributed by atoms with E-state index in [0.29, 0.717) is 18.4 Å². The number of piperidine rings is 1. The lowest BCUT2D eigenvalue weighted by atomic mass is 9.84. The second-order valence-corrected chi connectivity index (χ2v) is 5.78. The average molecular weight is 262 g/mol. The van der Waals surface area contributed by atoms with Gasteiger partial charge in [-0.25, -0.2) is 0 Å².